The molecule has 1 aliphatic carbocycles. The standard InChI is InChI=1S/C16H19N3O/c1-18-14-10-6-5-9-13(14)17-16(18)19(2)15(20)11-12-7-3-4-8-12/h3,5-7,9-10,12H,4,8,11H2,1-2H3/t12-/m0/s1. The van der Waals surface area contributed by atoms with Gasteiger partial charge in [-0.05, 0) is 30.9 Å². The molecule has 0 N–H and O–H groups in total. The number of hydrogen-bond donors (Lipinski definition) is 0. The number of allylic oxidation sites excluding steroid dienone is 2. The Balaban J connectivity index is 1.84. The highest BCUT2D eigenvalue weighted by Gasteiger charge is 2.21. The Morgan fingerprint density at radius 2 is 2.25 bits per heavy atom. The summed E-state index contributed by atoms with van der Waals surface area (Å²) in [5, 5.41) is 0. The van der Waals surface area contributed by atoms with Crippen molar-refractivity contribution >= 4 is 22.9 Å². The minimum Gasteiger partial charge on any atom is -0.313 e. The minimum absolute atomic E-state index is 0.125. The fraction of sp³-hybridized carbons (Fsp3) is 0.375. The van der Waals surface area contributed by atoms with Crippen molar-refractivity contribution in [2.75, 3.05) is 11.9 Å². The van der Waals surface area contributed by atoms with Crippen LogP contribution in [-0.2, 0) is 11.8 Å². The van der Waals surface area contributed by atoms with E-state index in [2.05, 4.69) is 17.1 Å². The molecule has 1 aliphatic rings. The van der Waals surface area contributed by atoms with Gasteiger partial charge in [0.05, 0.1) is 11.0 Å². The average Bonchev–Trinajstić information content (AvgIpc) is 3.07. The van der Waals surface area contributed by atoms with Gasteiger partial charge < -0.3 is 4.57 Å². The first-order valence-corrected chi connectivity index (χ1v) is 7.01. The number of carbonyl (C=O) groups excluding carboxylic acids is 1. The first-order chi connectivity index (χ1) is 9.66. The summed E-state index contributed by atoms with van der Waals surface area (Å²) in [6, 6.07) is 7.93. The number of anilines is 1. The first-order valence-electron chi connectivity index (χ1n) is 7.01. The van der Waals surface area contributed by atoms with Crippen LogP contribution in [0.3, 0.4) is 0 Å². The predicted molar refractivity (Wildman–Crippen MR) is 80.6 cm³/mol. The highest BCUT2D eigenvalue weighted by Crippen LogP contribution is 2.24. The van der Waals surface area contributed by atoms with E-state index in [9.17, 15) is 4.79 Å². The third-order valence-electron chi connectivity index (χ3n) is 3.99. The van der Waals surface area contributed by atoms with Gasteiger partial charge in [0.1, 0.15) is 0 Å². The Morgan fingerprint density at radius 3 is 2.95 bits per heavy atom. The summed E-state index contributed by atoms with van der Waals surface area (Å²) >= 11 is 0. The van der Waals surface area contributed by atoms with Gasteiger partial charge in [-0.3, -0.25) is 9.69 Å². The maximum absolute atomic E-state index is 12.4. The van der Waals surface area contributed by atoms with Crippen LogP contribution in [0.2, 0.25) is 0 Å². The van der Waals surface area contributed by atoms with E-state index in [0.717, 1.165) is 23.9 Å². The van der Waals surface area contributed by atoms with Crippen molar-refractivity contribution < 1.29 is 4.79 Å². The number of carbonyl (C=O) groups is 1. The summed E-state index contributed by atoms with van der Waals surface area (Å²) < 4.78 is 1.97. The lowest BCUT2D eigenvalue weighted by Crippen LogP contribution is -2.29. The van der Waals surface area contributed by atoms with Crippen molar-refractivity contribution in [3.05, 3.63) is 36.4 Å². The Morgan fingerprint density at radius 1 is 1.45 bits per heavy atom. The van der Waals surface area contributed by atoms with Crippen LogP contribution in [0.25, 0.3) is 11.0 Å². The molecular formula is C16H19N3O. The summed E-state index contributed by atoms with van der Waals surface area (Å²) in [6.07, 6.45) is 7.06. The molecule has 0 fully saturated rings. The molecule has 0 spiro atoms. The highest BCUT2D eigenvalue weighted by atomic mass is 16.2. The molecule has 104 valence electrons. The summed E-state index contributed by atoms with van der Waals surface area (Å²) in [5.41, 5.74) is 1.97. The number of fused-ring (bicyclic) bond motifs is 1. The molecule has 1 amide bonds. The highest BCUT2D eigenvalue weighted by molar-refractivity contribution is 5.93. The van der Waals surface area contributed by atoms with Crippen LogP contribution < -0.4 is 4.90 Å². The van der Waals surface area contributed by atoms with Gasteiger partial charge in [-0.15, -0.1) is 0 Å². The summed E-state index contributed by atoms with van der Waals surface area (Å²) in [7, 11) is 3.76. The molecule has 0 unspecified atom stereocenters. The number of rotatable bonds is 3. The van der Waals surface area contributed by atoms with Crippen molar-refractivity contribution in [3.63, 3.8) is 0 Å². The number of imidazole rings is 1. The van der Waals surface area contributed by atoms with Gasteiger partial charge in [0.25, 0.3) is 0 Å². The normalized spacial score (nSPS) is 17.8. The van der Waals surface area contributed by atoms with Crippen LogP contribution in [0.1, 0.15) is 19.3 Å². The van der Waals surface area contributed by atoms with Crippen molar-refractivity contribution in [3.8, 4) is 0 Å². The van der Waals surface area contributed by atoms with Crippen molar-refractivity contribution in [2.24, 2.45) is 13.0 Å². The Bertz CT molecular complexity index is 671. The van der Waals surface area contributed by atoms with Gasteiger partial charge in [0, 0.05) is 20.5 Å². The van der Waals surface area contributed by atoms with E-state index in [1.54, 1.807) is 4.90 Å². The summed E-state index contributed by atoms with van der Waals surface area (Å²) in [5.74, 6) is 1.22. The number of benzene rings is 1. The monoisotopic (exact) mass is 269 g/mol. The fourth-order valence-corrected chi connectivity index (χ4v) is 2.77. The number of para-hydroxylation sites is 2. The lowest BCUT2D eigenvalue weighted by molar-refractivity contribution is -0.119. The molecule has 20 heavy (non-hydrogen) atoms. The Labute approximate surface area is 118 Å². The van der Waals surface area contributed by atoms with Crippen molar-refractivity contribution in [1.29, 1.82) is 0 Å². The van der Waals surface area contributed by atoms with Gasteiger partial charge in [-0.2, -0.15) is 0 Å². The van der Waals surface area contributed by atoms with Crippen molar-refractivity contribution in [2.45, 2.75) is 19.3 Å². The second-order valence-corrected chi connectivity index (χ2v) is 5.38. The maximum atomic E-state index is 12.4. The molecule has 2 aromatic rings. The smallest absolute Gasteiger partial charge is 0.229 e. The van der Waals surface area contributed by atoms with Crippen LogP contribution in [0.5, 0.6) is 0 Å². The maximum Gasteiger partial charge on any atom is 0.229 e. The molecule has 1 aromatic heterocycles. The topological polar surface area (TPSA) is 38.1 Å². The first kappa shape index (κ1) is 12.9. The van der Waals surface area contributed by atoms with E-state index < -0.39 is 0 Å². The third-order valence-corrected chi connectivity index (χ3v) is 3.99. The van der Waals surface area contributed by atoms with Crippen molar-refractivity contribution in [1.82, 2.24) is 9.55 Å². The summed E-state index contributed by atoms with van der Waals surface area (Å²) in [6.45, 7) is 0. The molecule has 1 atom stereocenters. The van der Waals surface area contributed by atoms with Crippen LogP contribution in [-0.4, -0.2) is 22.5 Å². The Hall–Kier alpha value is -2.10. The van der Waals surface area contributed by atoms with Gasteiger partial charge in [-0.1, -0.05) is 24.3 Å². The van der Waals surface area contributed by atoms with Crippen LogP contribution in [0.4, 0.5) is 5.95 Å². The number of hydrogen-bond acceptors (Lipinski definition) is 2. The third kappa shape index (κ3) is 2.22. The molecule has 0 saturated carbocycles. The average molecular weight is 269 g/mol. The number of aromatic nitrogens is 2. The molecule has 0 bridgehead atoms. The quantitative estimate of drug-likeness (QED) is 0.804. The second kappa shape index (κ2) is 5.12. The minimum atomic E-state index is 0.125. The molecule has 3 rings (SSSR count). The lowest BCUT2D eigenvalue weighted by atomic mass is 10.0. The van der Waals surface area contributed by atoms with Crippen LogP contribution in [0, 0.1) is 5.92 Å². The molecule has 4 heteroatoms. The fourth-order valence-electron chi connectivity index (χ4n) is 2.77. The largest absolute Gasteiger partial charge is 0.313 e. The number of aryl methyl sites for hydroxylation is 1. The van der Waals surface area contributed by atoms with Gasteiger partial charge in [0.15, 0.2) is 0 Å². The van der Waals surface area contributed by atoms with E-state index in [1.165, 1.54) is 0 Å². The molecule has 0 radical (unpaired) electrons. The van der Waals surface area contributed by atoms with Crippen LogP contribution in [0.15, 0.2) is 36.4 Å². The number of nitrogens with zero attached hydrogens (tertiary/aromatic N) is 3. The van der Waals surface area contributed by atoms with E-state index >= 15 is 0 Å². The molecule has 0 aliphatic heterocycles. The number of amides is 1. The molecular weight excluding hydrogens is 250 g/mol. The van der Waals surface area contributed by atoms with Crippen LogP contribution >= 0.6 is 0 Å². The molecule has 4 nitrogen and oxygen atoms in total. The zero-order chi connectivity index (χ0) is 14.1. The van der Waals surface area contributed by atoms with Gasteiger partial charge >= 0.3 is 0 Å². The zero-order valence-corrected chi connectivity index (χ0v) is 11.9. The SMILES string of the molecule is CN(C(=O)C[C@H]1C=CCC1)c1nc2ccccc2n1C. The predicted octanol–water partition coefficient (Wildman–Crippen LogP) is 2.89. The molecule has 1 heterocycles. The second-order valence-electron chi connectivity index (χ2n) is 5.38. The molecule has 1 aromatic carbocycles. The van der Waals surface area contributed by atoms with E-state index in [-0.39, 0.29) is 5.91 Å². The zero-order valence-electron chi connectivity index (χ0n) is 11.9. The molecule has 0 saturated heterocycles. The lowest BCUT2D eigenvalue weighted by Gasteiger charge is -2.18. The van der Waals surface area contributed by atoms with E-state index in [4.69, 9.17) is 0 Å². The van der Waals surface area contributed by atoms with E-state index in [0.29, 0.717) is 18.3 Å². The van der Waals surface area contributed by atoms with E-state index in [1.807, 2.05) is 42.9 Å². The van der Waals surface area contributed by atoms with Gasteiger partial charge in [-0.25, -0.2) is 4.98 Å². The summed E-state index contributed by atoms with van der Waals surface area (Å²) in [4.78, 5) is 18.6. The van der Waals surface area contributed by atoms with Gasteiger partial charge in [0.2, 0.25) is 11.9 Å². The Kier molecular flexibility index (Phi) is 3.30.